The van der Waals surface area contributed by atoms with Gasteiger partial charge in [-0.2, -0.15) is 0 Å². The van der Waals surface area contributed by atoms with E-state index >= 15 is 0 Å². The monoisotopic (exact) mass is 374 g/mol. The molecule has 0 bridgehead atoms. The van der Waals surface area contributed by atoms with Gasteiger partial charge in [0.1, 0.15) is 5.82 Å². The van der Waals surface area contributed by atoms with Crippen LogP contribution in [0.15, 0.2) is 18.3 Å². The second-order valence-electron chi connectivity index (χ2n) is 7.48. The molecule has 2 aliphatic rings. The summed E-state index contributed by atoms with van der Waals surface area (Å²) in [5, 5.41) is 2.73. The van der Waals surface area contributed by atoms with Crippen molar-refractivity contribution in [1.82, 2.24) is 14.8 Å². The first kappa shape index (κ1) is 19.8. The number of carbonyl (C=O) groups is 2. The van der Waals surface area contributed by atoms with Crippen LogP contribution < -0.4 is 5.32 Å². The van der Waals surface area contributed by atoms with Crippen molar-refractivity contribution < 1.29 is 14.3 Å². The Kier molecular flexibility index (Phi) is 7.18. The van der Waals surface area contributed by atoms with Crippen LogP contribution in [0.3, 0.4) is 0 Å². The second-order valence-corrected chi connectivity index (χ2v) is 7.48. The van der Waals surface area contributed by atoms with Gasteiger partial charge in [0.25, 0.3) is 0 Å². The molecule has 0 saturated carbocycles. The van der Waals surface area contributed by atoms with E-state index in [1.165, 1.54) is 12.5 Å². The predicted octanol–water partition coefficient (Wildman–Crippen LogP) is 1.54. The Labute approximate surface area is 161 Å². The number of hydrogen-bond acceptors (Lipinski definition) is 5. The Morgan fingerprint density at radius 3 is 2.67 bits per heavy atom. The Morgan fingerprint density at radius 1 is 1.22 bits per heavy atom. The minimum atomic E-state index is -0.103. The van der Waals surface area contributed by atoms with Gasteiger partial charge in [-0.15, -0.1) is 0 Å². The molecule has 3 heterocycles. The smallest absolute Gasteiger partial charge is 0.236 e. The SMILES string of the molecule is CC(=O)Nc1cc(CCC2CCN(C(=O)CN3CCOCC3)CC2)ccn1. The maximum absolute atomic E-state index is 12.5. The minimum Gasteiger partial charge on any atom is -0.379 e. The van der Waals surface area contributed by atoms with Crippen molar-refractivity contribution in [2.24, 2.45) is 5.92 Å². The molecule has 1 aromatic heterocycles. The van der Waals surface area contributed by atoms with Crippen LogP contribution in [-0.4, -0.2) is 72.5 Å². The van der Waals surface area contributed by atoms with Crippen LogP contribution in [0.2, 0.25) is 0 Å². The molecule has 27 heavy (non-hydrogen) atoms. The maximum atomic E-state index is 12.5. The van der Waals surface area contributed by atoms with Crippen LogP contribution in [0.5, 0.6) is 0 Å². The van der Waals surface area contributed by atoms with Gasteiger partial charge < -0.3 is 15.0 Å². The lowest BCUT2D eigenvalue weighted by atomic mass is 9.90. The number of aromatic nitrogens is 1. The van der Waals surface area contributed by atoms with E-state index in [0.717, 1.165) is 65.1 Å². The molecule has 7 nitrogen and oxygen atoms in total. The fourth-order valence-corrected chi connectivity index (χ4v) is 3.77. The summed E-state index contributed by atoms with van der Waals surface area (Å²) in [5.74, 6) is 1.41. The number of carbonyl (C=O) groups excluding carboxylic acids is 2. The van der Waals surface area contributed by atoms with Gasteiger partial charge >= 0.3 is 0 Å². The van der Waals surface area contributed by atoms with Crippen LogP contribution in [0.25, 0.3) is 0 Å². The first-order valence-corrected chi connectivity index (χ1v) is 9.90. The zero-order chi connectivity index (χ0) is 19.1. The molecule has 7 heteroatoms. The van der Waals surface area contributed by atoms with Gasteiger partial charge in [-0.05, 0) is 49.3 Å². The first-order valence-electron chi connectivity index (χ1n) is 9.90. The summed E-state index contributed by atoms with van der Waals surface area (Å²) in [6.07, 6.45) is 5.96. The number of rotatable bonds is 6. The van der Waals surface area contributed by atoms with E-state index in [4.69, 9.17) is 4.74 Å². The van der Waals surface area contributed by atoms with Gasteiger partial charge in [-0.1, -0.05) is 0 Å². The molecule has 148 valence electrons. The lowest BCUT2D eigenvalue weighted by Gasteiger charge is -2.34. The van der Waals surface area contributed by atoms with Crippen LogP contribution >= 0.6 is 0 Å². The molecular weight excluding hydrogens is 344 g/mol. The van der Waals surface area contributed by atoms with Crippen molar-refractivity contribution in [1.29, 1.82) is 0 Å². The van der Waals surface area contributed by atoms with Crippen LogP contribution in [0.1, 0.15) is 31.7 Å². The normalized spacial score (nSPS) is 19.1. The van der Waals surface area contributed by atoms with E-state index < -0.39 is 0 Å². The zero-order valence-corrected chi connectivity index (χ0v) is 16.2. The number of nitrogens with one attached hydrogen (secondary N) is 1. The van der Waals surface area contributed by atoms with E-state index in [0.29, 0.717) is 18.3 Å². The minimum absolute atomic E-state index is 0.103. The molecule has 0 spiro atoms. The number of likely N-dealkylation sites (tertiary alicyclic amines) is 1. The number of pyridine rings is 1. The molecule has 0 atom stereocenters. The third-order valence-corrected chi connectivity index (χ3v) is 5.40. The summed E-state index contributed by atoms with van der Waals surface area (Å²) in [5.41, 5.74) is 1.19. The highest BCUT2D eigenvalue weighted by atomic mass is 16.5. The standard InChI is InChI=1S/C20H30N4O3/c1-16(25)22-19-14-18(4-7-21-19)3-2-17-5-8-24(9-6-17)20(26)15-23-10-12-27-13-11-23/h4,7,14,17H,2-3,5-6,8-13,15H2,1H3,(H,21,22,25). The average molecular weight is 374 g/mol. The van der Waals surface area contributed by atoms with Crippen LogP contribution in [-0.2, 0) is 20.7 Å². The molecule has 0 aliphatic carbocycles. The summed E-state index contributed by atoms with van der Waals surface area (Å²) < 4.78 is 5.34. The van der Waals surface area contributed by atoms with Gasteiger partial charge in [0.2, 0.25) is 11.8 Å². The average Bonchev–Trinajstić information content (AvgIpc) is 2.67. The summed E-state index contributed by atoms with van der Waals surface area (Å²) in [6.45, 7) is 6.91. The third kappa shape index (κ3) is 6.29. The van der Waals surface area contributed by atoms with Crippen LogP contribution in [0.4, 0.5) is 5.82 Å². The van der Waals surface area contributed by atoms with E-state index in [9.17, 15) is 9.59 Å². The first-order chi connectivity index (χ1) is 13.1. The van der Waals surface area contributed by atoms with Crippen molar-refractivity contribution in [3.05, 3.63) is 23.9 Å². The third-order valence-electron chi connectivity index (χ3n) is 5.40. The predicted molar refractivity (Wildman–Crippen MR) is 103 cm³/mol. The molecule has 2 fully saturated rings. The number of hydrogen-bond donors (Lipinski definition) is 1. The number of anilines is 1. The lowest BCUT2D eigenvalue weighted by Crippen LogP contribution is -2.47. The Bertz CT molecular complexity index is 638. The second kappa shape index (κ2) is 9.80. The Hall–Kier alpha value is -1.99. The quantitative estimate of drug-likeness (QED) is 0.818. The fraction of sp³-hybridized carbons (Fsp3) is 0.650. The van der Waals surface area contributed by atoms with E-state index in [-0.39, 0.29) is 11.8 Å². The fourth-order valence-electron chi connectivity index (χ4n) is 3.77. The van der Waals surface area contributed by atoms with Gasteiger partial charge in [-0.3, -0.25) is 14.5 Å². The van der Waals surface area contributed by atoms with Gasteiger partial charge in [0, 0.05) is 39.3 Å². The van der Waals surface area contributed by atoms with Crippen molar-refractivity contribution in [3.63, 3.8) is 0 Å². The molecule has 1 N–H and O–H groups in total. The number of piperidine rings is 1. The Morgan fingerprint density at radius 2 is 1.96 bits per heavy atom. The maximum Gasteiger partial charge on any atom is 0.236 e. The summed E-state index contributed by atoms with van der Waals surface area (Å²) >= 11 is 0. The molecule has 2 amide bonds. The van der Waals surface area contributed by atoms with Gasteiger partial charge in [0.05, 0.1) is 19.8 Å². The van der Waals surface area contributed by atoms with Crippen molar-refractivity contribution >= 4 is 17.6 Å². The molecule has 2 saturated heterocycles. The largest absolute Gasteiger partial charge is 0.379 e. The topological polar surface area (TPSA) is 74.8 Å². The highest BCUT2D eigenvalue weighted by Gasteiger charge is 2.24. The molecule has 0 aromatic carbocycles. The van der Waals surface area contributed by atoms with E-state index in [1.807, 2.05) is 17.0 Å². The highest BCUT2D eigenvalue weighted by Crippen LogP contribution is 2.23. The van der Waals surface area contributed by atoms with Crippen molar-refractivity contribution in [3.8, 4) is 0 Å². The van der Waals surface area contributed by atoms with E-state index in [2.05, 4.69) is 15.2 Å². The molecule has 2 aliphatic heterocycles. The van der Waals surface area contributed by atoms with Crippen LogP contribution in [0, 0.1) is 5.92 Å². The highest BCUT2D eigenvalue weighted by molar-refractivity contribution is 5.87. The van der Waals surface area contributed by atoms with Gasteiger partial charge in [0.15, 0.2) is 0 Å². The van der Waals surface area contributed by atoms with Gasteiger partial charge in [-0.25, -0.2) is 4.98 Å². The number of nitrogens with zero attached hydrogens (tertiary/aromatic N) is 3. The number of morpholine rings is 1. The summed E-state index contributed by atoms with van der Waals surface area (Å²) in [4.78, 5) is 32.0. The Balaban J connectivity index is 1.39. The molecule has 0 unspecified atom stereocenters. The van der Waals surface area contributed by atoms with E-state index in [1.54, 1.807) is 6.20 Å². The number of aryl methyl sites for hydroxylation is 1. The molecule has 3 rings (SSSR count). The molecule has 0 radical (unpaired) electrons. The molecular formula is C20H30N4O3. The summed E-state index contributed by atoms with van der Waals surface area (Å²) in [7, 11) is 0. The summed E-state index contributed by atoms with van der Waals surface area (Å²) in [6, 6.07) is 3.95. The number of ether oxygens (including phenoxy) is 1. The number of amides is 2. The van der Waals surface area contributed by atoms with Crippen molar-refractivity contribution in [2.45, 2.75) is 32.6 Å². The molecule has 1 aromatic rings. The lowest BCUT2D eigenvalue weighted by molar-refractivity contribution is -0.134. The zero-order valence-electron chi connectivity index (χ0n) is 16.2. The van der Waals surface area contributed by atoms with Crippen molar-refractivity contribution in [2.75, 3.05) is 51.3 Å².